The van der Waals surface area contributed by atoms with Gasteiger partial charge in [0, 0.05) is 26.2 Å². The zero-order chi connectivity index (χ0) is 17.2. The van der Waals surface area contributed by atoms with E-state index < -0.39 is 0 Å². The van der Waals surface area contributed by atoms with Crippen molar-refractivity contribution < 1.29 is 20.4 Å². The van der Waals surface area contributed by atoms with Gasteiger partial charge in [-0.15, -0.1) is 0 Å². The summed E-state index contributed by atoms with van der Waals surface area (Å²) in [5, 5.41) is 35.8. The molecule has 0 spiro atoms. The number of aliphatic hydroxyl groups is 4. The Labute approximate surface area is 141 Å². The standard InChI is InChI=1S/C17H38N2O4/c20-14-10-18(11-15-21)8-6-4-2-1-3-5-7-9-19(12-16-22)13-17-23/h20-23H,1-17H2. The molecule has 4 N–H and O–H groups in total. The number of nitrogens with zero attached hydrogens (tertiary/aromatic N) is 2. The maximum atomic E-state index is 8.94. The SMILES string of the molecule is OCCN(CCO)CCCCCCCCCN(CCO)CCO. The third kappa shape index (κ3) is 15.1. The average molecular weight is 335 g/mol. The number of rotatable bonds is 18. The molecular formula is C17H38N2O4. The maximum absolute atomic E-state index is 8.94. The van der Waals surface area contributed by atoms with Crippen LogP contribution in [-0.4, -0.2) is 95.9 Å². The molecule has 0 radical (unpaired) electrons. The van der Waals surface area contributed by atoms with Crippen molar-refractivity contribution in [1.82, 2.24) is 9.80 Å². The van der Waals surface area contributed by atoms with E-state index >= 15 is 0 Å². The van der Waals surface area contributed by atoms with Gasteiger partial charge in [0.05, 0.1) is 26.4 Å². The van der Waals surface area contributed by atoms with E-state index in [9.17, 15) is 0 Å². The molecule has 0 atom stereocenters. The Morgan fingerprint density at radius 3 is 0.870 bits per heavy atom. The van der Waals surface area contributed by atoms with Gasteiger partial charge in [0.25, 0.3) is 0 Å². The minimum atomic E-state index is 0.156. The van der Waals surface area contributed by atoms with Gasteiger partial charge in [0.2, 0.25) is 0 Å². The molecule has 0 aromatic carbocycles. The summed E-state index contributed by atoms with van der Waals surface area (Å²) in [5.41, 5.74) is 0. The molecule has 0 aromatic rings. The van der Waals surface area contributed by atoms with E-state index in [2.05, 4.69) is 9.80 Å². The highest BCUT2D eigenvalue weighted by molar-refractivity contribution is 4.58. The van der Waals surface area contributed by atoms with E-state index in [1.807, 2.05) is 0 Å². The quantitative estimate of drug-likeness (QED) is 0.270. The molecule has 0 unspecified atom stereocenters. The van der Waals surface area contributed by atoms with Crippen LogP contribution in [-0.2, 0) is 0 Å². The molecule has 0 aromatic heterocycles. The maximum Gasteiger partial charge on any atom is 0.0558 e. The molecular weight excluding hydrogens is 296 g/mol. The number of aliphatic hydroxyl groups excluding tert-OH is 4. The van der Waals surface area contributed by atoms with E-state index in [4.69, 9.17) is 20.4 Å². The minimum Gasteiger partial charge on any atom is -0.395 e. The third-order valence-electron chi connectivity index (χ3n) is 4.11. The highest BCUT2D eigenvalue weighted by Crippen LogP contribution is 2.08. The molecule has 0 fully saturated rings. The average Bonchev–Trinajstić information content (AvgIpc) is 2.54. The van der Waals surface area contributed by atoms with Crippen LogP contribution in [0.2, 0.25) is 0 Å². The lowest BCUT2D eigenvalue weighted by Gasteiger charge is -2.20. The summed E-state index contributed by atoms with van der Waals surface area (Å²) >= 11 is 0. The fourth-order valence-electron chi connectivity index (χ4n) is 2.79. The second-order valence-corrected chi connectivity index (χ2v) is 6.05. The van der Waals surface area contributed by atoms with Crippen molar-refractivity contribution in [3.8, 4) is 0 Å². The summed E-state index contributed by atoms with van der Waals surface area (Å²) in [6, 6.07) is 0. The Morgan fingerprint density at radius 2 is 0.609 bits per heavy atom. The normalized spacial score (nSPS) is 11.7. The first-order chi connectivity index (χ1) is 11.3. The van der Waals surface area contributed by atoms with Gasteiger partial charge in [-0.1, -0.05) is 32.1 Å². The Balaban J connectivity index is 3.41. The lowest BCUT2D eigenvalue weighted by Crippen LogP contribution is -2.30. The van der Waals surface area contributed by atoms with E-state index in [0.29, 0.717) is 26.2 Å². The molecule has 140 valence electrons. The fourth-order valence-corrected chi connectivity index (χ4v) is 2.79. The van der Waals surface area contributed by atoms with E-state index in [-0.39, 0.29) is 26.4 Å². The molecule has 0 aliphatic heterocycles. The summed E-state index contributed by atoms with van der Waals surface area (Å²) < 4.78 is 0. The molecule has 23 heavy (non-hydrogen) atoms. The zero-order valence-corrected chi connectivity index (χ0v) is 14.7. The van der Waals surface area contributed by atoms with Crippen molar-refractivity contribution in [2.24, 2.45) is 0 Å². The lowest BCUT2D eigenvalue weighted by molar-refractivity contribution is 0.158. The summed E-state index contributed by atoms with van der Waals surface area (Å²) in [4.78, 5) is 4.22. The van der Waals surface area contributed by atoms with Crippen molar-refractivity contribution in [3.05, 3.63) is 0 Å². The van der Waals surface area contributed by atoms with Crippen LogP contribution in [0.4, 0.5) is 0 Å². The van der Waals surface area contributed by atoms with Crippen LogP contribution >= 0.6 is 0 Å². The molecule has 0 amide bonds. The van der Waals surface area contributed by atoms with Crippen LogP contribution in [0.3, 0.4) is 0 Å². The molecule has 6 nitrogen and oxygen atoms in total. The molecule has 0 saturated carbocycles. The second kappa shape index (κ2) is 18.1. The summed E-state index contributed by atoms with van der Waals surface area (Å²) in [6.07, 6.45) is 8.39. The number of hydrogen-bond donors (Lipinski definition) is 4. The van der Waals surface area contributed by atoms with Gasteiger partial charge in [-0.05, 0) is 25.9 Å². The first kappa shape index (κ1) is 22.8. The first-order valence-corrected chi connectivity index (χ1v) is 9.16. The van der Waals surface area contributed by atoms with Crippen LogP contribution in [0.15, 0.2) is 0 Å². The minimum absolute atomic E-state index is 0.156. The molecule has 0 saturated heterocycles. The van der Waals surface area contributed by atoms with E-state index in [1.165, 1.54) is 32.1 Å². The first-order valence-electron chi connectivity index (χ1n) is 9.16. The van der Waals surface area contributed by atoms with Gasteiger partial charge in [0.1, 0.15) is 0 Å². The van der Waals surface area contributed by atoms with Crippen LogP contribution in [0.1, 0.15) is 44.9 Å². The van der Waals surface area contributed by atoms with Crippen LogP contribution in [0, 0.1) is 0 Å². The molecule has 6 heteroatoms. The predicted molar refractivity (Wildman–Crippen MR) is 93.5 cm³/mol. The van der Waals surface area contributed by atoms with Gasteiger partial charge < -0.3 is 20.4 Å². The van der Waals surface area contributed by atoms with Gasteiger partial charge in [-0.25, -0.2) is 0 Å². The summed E-state index contributed by atoms with van der Waals surface area (Å²) in [5.74, 6) is 0. The Morgan fingerprint density at radius 1 is 0.348 bits per heavy atom. The van der Waals surface area contributed by atoms with Crippen molar-refractivity contribution in [3.63, 3.8) is 0 Å². The second-order valence-electron chi connectivity index (χ2n) is 6.05. The molecule has 0 rings (SSSR count). The smallest absolute Gasteiger partial charge is 0.0558 e. The van der Waals surface area contributed by atoms with Crippen LogP contribution in [0.25, 0.3) is 0 Å². The van der Waals surface area contributed by atoms with Crippen molar-refractivity contribution in [1.29, 1.82) is 0 Å². The number of hydrogen-bond acceptors (Lipinski definition) is 6. The lowest BCUT2D eigenvalue weighted by atomic mass is 10.1. The molecule has 0 heterocycles. The number of unbranched alkanes of at least 4 members (excludes halogenated alkanes) is 6. The van der Waals surface area contributed by atoms with Crippen molar-refractivity contribution >= 4 is 0 Å². The van der Waals surface area contributed by atoms with E-state index in [0.717, 1.165) is 25.9 Å². The Kier molecular flexibility index (Phi) is 17.9. The Bertz CT molecular complexity index is 199. The fraction of sp³-hybridized carbons (Fsp3) is 1.00. The van der Waals surface area contributed by atoms with Crippen LogP contribution < -0.4 is 0 Å². The van der Waals surface area contributed by atoms with Gasteiger partial charge >= 0.3 is 0 Å². The largest absolute Gasteiger partial charge is 0.395 e. The third-order valence-corrected chi connectivity index (χ3v) is 4.11. The molecule has 0 aliphatic carbocycles. The summed E-state index contributed by atoms with van der Waals surface area (Å²) in [6.45, 7) is 5.14. The molecule has 0 aliphatic rings. The van der Waals surface area contributed by atoms with E-state index in [1.54, 1.807) is 0 Å². The highest BCUT2D eigenvalue weighted by atomic mass is 16.3. The predicted octanol–water partition coefficient (Wildman–Crippen LogP) is 0.290. The highest BCUT2D eigenvalue weighted by Gasteiger charge is 2.04. The Hall–Kier alpha value is -0.240. The topological polar surface area (TPSA) is 87.4 Å². The molecule has 0 bridgehead atoms. The zero-order valence-electron chi connectivity index (χ0n) is 14.7. The van der Waals surface area contributed by atoms with Crippen LogP contribution in [0.5, 0.6) is 0 Å². The van der Waals surface area contributed by atoms with Gasteiger partial charge in [-0.3, -0.25) is 9.80 Å². The van der Waals surface area contributed by atoms with Gasteiger partial charge in [-0.2, -0.15) is 0 Å². The van der Waals surface area contributed by atoms with Gasteiger partial charge in [0.15, 0.2) is 0 Å². The summed E-state index contributed by atoms with van der Waals surface area (Å²) in [7, 11) is 0. The monoisotopic (exact) mass is 334 g/mol. The van der Waals surface area contributed by atoms with Crippen molar-refractivity contribution in [2.45, 2.75) is 44.9 Å². The van der Waals surface area contributed by atoms with Crippen molar-refractivity contribution in [2.75, 3.05) is 65.7 Å².